The summed E-state index contributed by atoms with van der Waals surface area (Å²) in [5, 5.41) is 3.40. The van der Waals surface area contributed by atoms with Crippen LogP contribution >= 0.6 is 0 Å². The Balaban J connectivity index is 1.56. The van der Waals surface area contributed by atoms with Gasteiger partial charge in [-0.05, 0) is 43.7 Å². The second kappa shape index (κ2) is 7.24. The molecular weight excluding hydrogens is 230 g/mol. The van der Waals surface area contributed by atoms with Gasteiger partial charge in [0.2, 0.25) is 0 Å². The van der Waals surface area contributed by atoms with Crippen LogP contribution in [0.5, 0.6) is 11.5 Å². The summed E-state index contributed by atoms with van der Waals surface area (Å²) in [5.41, 5.74) is 0. The normalized spacial score (nSPS) is 18.8. The maximum atomic E-state index is 5.57. The van der Waals surface area contributed by atoms with Crippen LogP contribution in [0.2, 0.25) is 0 Å². The van der Waals surface area contributed by atoms with E-state index in [0.29, 0.717) is 19.3 Å². The van der Waals surface area contributed by atoms with E-state index in [1.54, 1.807) is 7.11 Å². The Labute approximate surface area is 108 Å². The highest BCUT2D eigenvalue weighted by atomic mass is 16.5. The minimum atomic E-state index is 0.533. The molecule has 0 aliphatic carbocycles. The third-order valence-corrected chi connectivity index (χ3v) is 3.04. The van der Waals surface area contributed by atoms with Crippen LogP contribution in [0, 0.1) is 0 Å². The Hall–Kier alpha value is -1.26. The molecule has 1 aromatic rings. The van der Waals surface area contributed by atoms with Gasteiger partial charge in [0.15, 0.2) is 0 Å². The van der Waals surface area contributed by atoms with Crippen LogP contribution in [0.3, 0.4) is 0 Å². The number of methoxy groups -OCH3 is 1. The maximum Gasteiger partial charge on any atom is 0.119 e. The van der Waals surface area contributed by atoms with E-state index in [4.69, 9.17) is 14.2 Å². The lowest BCUT2D eigenvalue weighted by molar-refractivity contribution is 0.0869. The van der Waals surface area contributed by atoms with Crippen molar-refractivity contribution < 1.29 is 14.2 Å². The minimum absolute atomic E-state index is 0.533. The highest BCUT2D eigenvalue weighted by Gasteiger charge is 2.13. The molecule has 18 heavy (non-hydrogen) atoms. The van der Waals surface area contributed by atoms with Gasteiger partial charge in [-0.2, -0.15) is 0 Å². The monoisotopic (exact) mass is 251 g/mol. The van der Waals surface area contributed by atoms with Crippen molar-refractivity contribution in [2.24, 2.45) is 0 Å². The quantitative estimate of drug-likeness (QED) is 0.751. The van der Waals surface area contributed by atoms with Crippen LogP contribution < -0.4 is 14.8 Å². The SMILES string of the molecule is COc1ccc(OCCOCC2CCCN2)cc1. The molecule has 1 heterocycles. The fourth-order valence-electron chi connectivity index (χ4n) is 2.01. The zero-order valence-electron chi connectivity index (χ0n) is 10.9. The predicted molar refractivity (Wildman–Crippen MR) is 70.3 cm³/mol. The van der Waals surface area contributed by atoms with E-state index in [9.17, 15) is 0 Å². The van der Waals surface area contributed by atoms with Gasteiger partial charge >= 0.3 is 0 Å². The van der Waals surface area contributed by atoms with Gasteiger partial charge in [0.25, 0.3) is 0 Å². The van der Waals surface area contributed by atoms with Gasteiger partial charge in [0.1, 0.15) is 18.1 Å². The molecule has 1 aliphatic heterocycles. The summed E-state index contributed by atoms with van der Waals surface area (Å²) < 4.78 is 16.2. The van der Waals surface area contributed by atoms with Gasteiger partial charge in [0.05, 0.1) is 20.3 Å². The summed E-state index contributed by atoms with van der Waals surface area (Å²) >= 11 is 0. The Morgan fingerprint density at radius 2 is 1.94 bits per heavy atom. The molecule has 0 bridgehead atoms. The molecule has 1 saturated heterocycles. The van der Waals surface area contributed by atoms with E-state index >= 15 is 0 Å². The Kier molecular flexibility index (Phi) is 5.30. The summed E-state index contributed by atoms with van der Waals surface area (Å²) in [6.07, 6.45) is 2.48. The van der Waals surface area contributed by atoms with E-state index in [-0.39, 0.29) is 0 Å². The van der Waals surface area contributed by atoms with Gasteiger partial charge in [-0.3, -0.25) is 0 Å². The largest absolute Gasteiger partial charge is 0.497 e. The van der Waals surface area contributed by atoms with Gasteiger partial charge in [-0.25, -0.2) is 0 Å². The summed E-state index contributed by atoms with van der Waals surface area (Å²) in [6, 6.07) is 8.11. The Morgan fingerprint density at radius 3 is 2.61 bits per heavy atom. The zero-order chi connectivity index (χ0) is 12.6. The fourth-order valence-corrected chi connectivity index (χ4v) is 2.01. The molecule has 1 N–H and O–H groups in total. The molecule has 0 spiro atoms. The molecular formula is C14H21NO3. The van der Waals surface area contributed by atoms with Crippen molar-refractivity contribution in [3.8, 4) is 11.5 Å². The predicted octanol–water partition coefficient (Wildman–Crippen LogP) is 1.84. The first-order valence-electron chi connectivity index (χ1n) is 6.46. The van der Waals surface area contributed by atoms with E-state index in [1.165, 1.54) is 12.8 Å². The summed E-state index contributed by atoms with van der Waals surface area (Å²) in [5.74, 6) is 1.68. The summed E-state index contributed by atoms with van der Waals surface area (Å²) in [7, 11) is 1.65. The van der Waals surface area contributed by atoms with Crippen molar-refractivity contribution in [2.75, 3.05) is 33.5 Å². The van der Waals surface area contributed by atoms with Crippen molar-refractivity contribution >= 4 is 0 Å². The average Bonchev–Trinajstić information content (AvgIpc) is 2.92. The lowest BCUT2D eigenvalue weighted by atomic mass is 10.2. The lowest BCUT2D eigenvalue weighted by Gasteiger charge is -2.11. The van der Waals surface area contributed by atoms with E-state index in [2.05, 4.69) is 5.32 Å². The van der Waals surface area contributed by atoms with E-state index in [1.807, 2.05) is 24.3 Å². The molecule has 1 atom stereocenters. The zero-order valence-corrected chi connectivity index (χ0v) is 10.9. The lowest BCUT2D eigenvalue weighted by Crippen LogP contribution is -2.27. The highest BCUT2D eigenvalue weighted by Crippen LogP contribution is 2.16. The Morgan fingerprint density at radius 1 is 1.17 bits per heavy atom. The number of hydrogen-bond acceptors (Lipinski definition) is 4. The number of nitrogens with one attached hydrogen (secondary N) is 1. The summed E-state index contributed by atoms with van der Waals surface area (Å²) in [6.45, 7) is 3.12. The van der Waals surface area contributed by atoms with E-state index < -0.39 is 0 Å². The molecule has 0 radical (unpaired) electrons. The molecule has 100 valence electrons. The number of ether oxygens (including phenoxy) is 3. The first-order valence-corrected chi connectivity index (χ1v) is 6.46. The second-order valence-corrected chi connectivity index (χ2v) is 4.39. The van der Waals surface area contributed by atoms with Crippen molar-refractivity contribution in [3.63, 3.8) is 0 Å². The van der Waals surface area contributed by atoms with Crippen LogP contribution in [-0.2, 0) is 4.74 Å². The fraction of sp³-hybridized carbons (Fsp3) is 0.571. The first-order chi connectivity index (χ1) is 8.88. The standard InChI is InChI=1S/C14H21NO3/c1-16-13-4-6-14(7-5-13)18-10-9-17-11-12-3-2-8-15-12/h4-7,12,15H,2-3,8-11H2,1H3. The number of benzene rings is 1. The molecule has 1 fully saturated rings. The third kappa shape index (κ3) is 4.20. The topological polar surface area (TPSA) is 39.7 Å². The molecule has 4 nitrogen and oxygen atoms in total. The van der Waals surface area contributed by atoms with Crippen LogP contribution in [0.1, 0.15) is 12.8 Å². The molecule has 4 heteroatoms. The van der Waals surface area contributed by atoms with Crippen LogP contribution in [0.15, 0.2) is 24.3 Å². The van der Waals surface area contributed by atoms with Crippen molar-refractivity contribution in [1.29, 1.82) is 0 Å². The van der Waals surface area contributed by atoms with Gasteiger partial charge < -0.3 is 19.5 Å². The van der Waals surface area contributed by atoms with Gasteiger partial charge in [0, 0.05) is 6.04 Å². The molecule has 0 saturated carbocycles. The smallest absolute Gasteiger partial charge is 0.119 e. The molecule has 0 aromatic heterocycles. The van der Waals surface area contributed by atoms with E-state index in [0.717, 1.165) is 24.7 Å². The third-order valence-electron chi connectivity index (χ3n) is 3.04. The number of hydrogen-bond donors (Lipinski definition) is 1. The molecule has 1 aliphatic rings. The molecule has 0 amide bonds. The molecule has 1 aromatic carbocycles. The maximum absolute atomic E-state index is 5.57. The average molecular weight is 251 g/mol. The van der Waals surface area contributed by atoms with Gasteiger partial charge in [-0.15, -0.1) is 0 Å². The van der Waals surface area contributed by atoms with Crippen molar-refractivity contribution in [2.45, 2.75) is 18.9 Å². The van der Waals surface area contributed by atoms with Crippen LogP contribution in [0.4, 0.5) is 0 Å². The second-order valence-electron chi connectivity index (χ2n) is 4.39. The molecule has 1 unspecified atom stereocenters. The minimum Gasteiger partial charge on any atom is -0.497 e. The number of rotatable bonds is 7. The van der Waals surface area contributed by atoms with Crippen LogP contribution in [0.25, 0.3) is 0 Å². The summed E-state index contributed by atoms with van der Waals surface area (Å²) in [4.78, 5) is 0. The van der Waals surface area contributed by atoms with Crippen LogP contribution in [-0.4, -0.2) is 39.5 Å². The first kappa shape index (κ1) is 13.2. The van der Waals surface area contributed by atoms with Gasteiger partial charge in [-0.1, -0.05) is 0 Å². The van der Waals surface area contributed by atoms with Crippen molar-refractivity contribution in [1.82, 2.24) is 5.32 Å². The highest BCUT2D eigenvalue weighted by molar-refractivity contribution is 5.31. The Bertz CT molecular complexity index is 333. The van der Waals surface area contributed by atoms with Crippen molar-refractivity contribution in [3.05, 3.63) is 24.3 Å². The molecule has 2 rings (SSSR count).